The second-order valence-corrected chi connectivity index (χ2v) is 6.39. The summed E-state index contributed by atoms with van der Waals surface area (Å²) in [5, 5.41) is 2.70. The Balaban J connectivity index is 1.85. The van der Waals surface area contributed by atoms with Gasteiger partial charge in [-0.25, -0.2) is 9.37 Å². The van der Waals surface area contributed by atoms with E-state index in [9.17, 15) is 9.18 Å². The molecular weight excluding hydrogens is 378 g/mol. The van der Waals surface area contributed by atoms with Crippen molar-refractivity contribution in [2.75, 3.05) is 5.32 Å². The molecule has 1 aromatic carbocycles. The normalized spacial score (nSPS) is 16.8. The lowest BCUT2D eigenvalue weighted by Crippen LogP contribution is -2.41. The molecule has 0 spiro atoms. The first-order valence-corrected chi connectivity index (χ1v) is 8.47. The van der Waals surface area contributed by atoms with E-state index < -0.39 is 17.8 Å². The predicted molar refractivity (Wildman–Crippen MR) is 100 cm³/mol. The highest BCUT2D eigenvalue weighted by atomic mass is 35.5. The van der Waals surface area contributed by atoms with E-state index in [4.69, 9.17) is 28.9 Å². The molecule has 1 atom stereocenters. The minimum atomic E-state index is -0.684. The zero-order chi connectivity index (χ0) is 18.8. The number of hydrogen-bond acceptors (Lipinski definition) is 4. The molecule has 2 aromatic rings. The number of nitrogens with one attached hydrogen (secondary N) is 1. The van der Waals surface area contributed by atoms with Gasteiger partial charge in [0.05, 0.1) is 33.0 Å². The van der Waals surface area contributed by atoms with E-state index in [2.05, 4.69) is 10.3 Å². The Morgan fingerprint density at radius 1 is 1.27 bits per heavy atom. The number of nitrogens with two attached hydrogens (primary N) is 1. The number of benzene rings is 1. The van der Waals surface area contributed by atoms with Crippen LogP contribution in [0.2, 0.25) is 10.0 Å². The van der Waals surface area contributed by atoms with Crippen molar-refractivity contribution in [3.05, 3.63) is 81.6 Å². The third-order valence-corrected chi connectivity index (χ3v) is 4.87. The first-order valence-electron chi connectivity index (χ1n) is 7.72. The number of hydrogen-bond donors (Lipinski definition) is 2. The number of aromatic nitrogens is 1. The summed E-state index contributed by atoms with van der Waals surface area (Å²) in [5.41, 5.74) is 7.39. The fourth-order valence-corrected chi connectivity index (χ4v) is 2.92. The summed E-state index contributed by atoms with van der Waals surface area (Å²) in [6.45, 7) is 1.77. The van der Waals surface area contributed by atoms with Gasteiger partial charge in [-0.05, 0) is 37.3 Å². The molecule has 0 bridgehead atoms. The average Bonchev–Trinajstić information content (AvgIpc) is 2.64. The van der Waals surface area contributed by atoms with E-state index in [0.717, 1.165) is 6.07 Å². The molecule has 3 N–H and O–H groups in total. The Morgan fingerprint density at radius 3 is 2.73 bits per heavy atom. The standard InChI is InChI=1S/C18H15Cl2FN4O/c1-10-17(22)13(24-14-4-2-3-8-23-14)7-9-25(10)18(26)11-5-6-12(21)16(20)15(11)19/h2-10H,22H2,1H3,(H,23,24). The lowest BCUT2D eigenvalue weighted by molar-refractivity contribution is 0.0792. The van der Waals surface area contributed by atoms with E-state index in [1.165, 1.54) is 11.0 Å². The van der Waals surface area contributed by atoms with Gasteiger partial charge in [0.25, 0.3) is 5.91 Å². The second kappa shape index (κ2) is 7.35. The van der Waals surface area contributed by atoms with Gasteiger partial charge in [-0.15, -0.1) is 0 Å². The van der Waals surface area contributed by atoms with Crippen LogP contribution in [0.15, 0.2) is 60.2 Å². The molecule has 26 heavy (non-hydrogen) atoms. The fraction of sp³-hybridized carbons (Fsp3) is 0.111. The Morgan fingerprint density at radius 2 is 2.04 bits per heavy atom. The van der Waals surface area contributed by atoms with Gasteiger partial charge in [-0.1, -0.05) is 29.3 Å². The van der Waals surface area contributed by atoms with Crippen LogP contribution in [0.3, 0.4) is 0 Å². The molecule has 0 radical (unpaired) electrons. The molecule has 0 aliphatic carbocycles. The van der Waals surface area contributed by atoms with Gasteiger partial charge in [0, 0.05) is 12.4 Å². The van der Waals surface area contributed by atoms with E-state index in [1.54, 1.807) is 37.5 Å². The van der Waals surface area contributed by atoms with E-state index in [0.29, 0.717) is 17.2 Å². The maximum Gasteiger partial charge on any atom is 0.259 e. The molecular formula is C18H15Cl2FN4O. The van der Waals surface area contributed by atoms with Crippen molar-refractivity contribution in [2.45, 2.75) is 13.0 Å². The number of halogens is 3. The summed E-state index contributed by atoms with van der Waals surface area (Å²) in [6, 6.07) is 7.41. The van der Waals surface area contributed by atoms with Crippen LogP contribution in [0.4, 0.5) is 10.2 Å². The predicted octanol–water partition coefficient (Wildman–Crippen LogP) is 4.17. The SMILES string of the molecule is CC1C(N)=C(Nc2ccccn2)C=CN1C(=O)c1ccc(F)c(Cl)c1Cl. The van der Waals surface area contributed by atoms with Crippen molar-refractivity contribution in [2.24, 2.45) is 5.73 Å². The first-order chi connectivity index (χ1) is 12.4. The van der Waals surface area contributed by atoms with Gasteiger partial charge >= 0.3 is 0 Å². The molecule has 2 heterocycles. The van der Waals surface area contributed by atoms with Crippen LogP contribution >= 0.6 is 23.2 Å². The van der Waals surface area contributed by atoms with Crippen LogP contribution < -0.4 is 11.1 Å². The number of anilines is 1. The maximum absolute atomic E-state index is 13.5. The minimum Gasteiger partial charge on any atom is -0.399 e. The number of amides is 1. The zero-order valence-corrected chi connectivity index (χ0v) is 15.2. The minimum absolute atomic E-state index is 0.100. The molecule has 1 unspecified atom stereocenters. The van der Waals surface area contributed by atoms with Crippen molar-refractivity contribution in [1.82, 2.24) is 9.88 Å². The molecule has 0 fully saturated rings. The molecule has 5 nitrogen and oxygen atoms in total. The van der Waals surface area contributed by atoms with E-state index >= 15 is 0 Å². The molecule has 8 heteroatoms. The number of nitrogens with zero attached hydrogens (tertiary/aromatic N) is 2. The highest BCUT2D eigenvalue weighted by Crippen LogP contribution is 2.31. The maximum atomic E-state index is 13.5. The van der Waals surface area contributed by atoms with E-state index in [-0.39, 0.29) is 15.6 Å². The van der Waals surface area contributed by atoms with Gasteiger partial charge in [0.1, 0.15) is 11.6 Å². The van der Waals surface area contributed by atoms with Gasteiger partial charge in [0.15, 0.2) is 0 Å². The molecule has 1 aliphatic rings. The number of pyridine rings is 1. The summed E-state index contributed by atoms with van der Waals surface area (Å²) in [7, 11) is 0. The van der Waals surface area contributed by atoms with Crippen LogP contribution in [0.25, 0.3) is 0 Å². The molecule has 134 valence electrons. The summed E-state index contributed by atoms with van der Waals surface area (Å²) in [6.07, 6.45) is 4.91. The summed E-state index contributed by atoms with van der Waals surface area (Å²) < 4.78 is 13.5. The first kappa shape index (κ1) is 18.2. The largest absolute Gasteiger partial charge is 0.399 e. The lowest BCUT2D eigenvalue weighted by atomic mass is 10.1. The topological polar surface area (TPSA) is 71.2 Å². The van der Waals surface area contributed by atoms with Gasteiger partial charge < -0.3 is 16.0 Å². The molecule has 1 aliphatic heterocycles. The average molecular weight is 393 g/mol. The van der Waals surface area contributed by atoms with Gasteiger partial charge in [-0.3, -0.25) is 4.79 Å². The molecule has 1 aromatic heterocycles. The Labute approximate surface area is 159 Å². The number of rotatable bonds is 3. The molecule has 1 amide bonds. The highest BCUT2D eigenvalue weighted by molar-refractivity contribution is 6.44. The second-order valence-electron chi connectivity index (χ2n) is 5.64. The van der Waals surface area contributed by atoms with Crippen molar-refractivity contribution in [1.29, 1.82) is 0 Å². The smallest absolute Gasteiger partial charge is 0.259 e. The van der Waals surface area contributed by atoms with Crippen molar-refractivity contribution in [3.8, 4) is 0 Å². The Bertz CT molecular complexity index is 915. The van der Waals surface area contributed by atoms with Crippen molar-refractivity contribution >= 4 is 34.9 Å². The third-order valence-electron chi connectivity index (χ3n) is 4.01. The fourth-order valence-electron chi connectivity index (χ4n) is 2.52. The Hall–Kier alpha value is -2.57. The van der Waals surface area contributed by atoms with Crippen LogP contribution in [0.1, 0.15) is 17.3 Å². The quantitative estimate of drug-likeness (QED) is 0.768. The van der Waals surface area contributed by atoms with Crippen molar-refractivity contribution in [3.63, 3.8) is 0 Å². The zero-order valence-electron chi connectivity index (χ0n) is 13.7. The molecule has 0 saturated heterocycles. The van der Waals surface area contributed by atoms with Gasteiger partial charge in [-0.2, -0.15) is 0 Å². The van der Waals surface area contributed by atoms with Crippen LogP contribution in [0.5, 0.6) is 0 Å². The van der Waals surface area contributed by atoms with Gasteiger partial charge in [0.2, 0.25) is 0 Å². The summed E-state index contributed by atoms with van der Waals surface area (Å²) in [4.78, 5) is 18.4. The number of carbonyl (C=O) groups is 1. The van der Waals surface area contributed by atoms with Crippen LogP contribution in [0, 0.1) is 5.82 Å². The monoisotopic (exact) mass is 392 g/mol. The Kier molecular flexibility index (Phi) is 5.15. The summed E-state index contributed by atoms with van der Waals surface area (Å²) in [5.74, 6) is -0.479. The van der Waals surface area contributed by atoms with Crippen LogP contribution in [-0.2, 0) is 0 Å². The van der Waals surface area contributed by atoms with Crippen molar-refractivity contribution < 1.29 is 9.18 Å². The lowest BCUT2D eigenvalue weighted by Gasteiger charge is -2.31. The number of allylic oxidation sites excluding steroid dienone is 1. The molecule has 3 rings (SSSR count). The third kappa shape index (κ3) is 3.38. The summed E-state index contributed by atoms with van der Waals surface area (Å²) >= 11 is 11.8. The van der Waals surface area contributed by atoms with Crippen LogP contribution in [-0.4, -0.2) is 21.8 Å². The highest BCUT2D eigenvalue weighted by Gasteiger charge is 2.28. The molecule has 0 saturated carbocycles. The number of carbonyl (C=O) groups excluding carboxylic acids is 1. The van der Waals surface area contributed by atoms with E-state index in [1.807, 2.05) is 6.07 Å².